The number of anilines is 3. The molecule has 0 aliphatic heterocycles. The first kappa shape index (κ1) is 18.4. The molecule has 3 rings (SSSR count). The Morgan fingerprint density at radius 2 is 1.74 bits per heavy atom. The third-order valence-electron chi connectivity index (χ3n) is 4.16. The van der Waals surface area contributed by atoms with Crippen molar-refractivity contribution in [3.8, 4) is 12.3 Å². The van der Waals surface area contributed by atoms with Crippen molar-refractivity contribution in [3.05, 3.63) is 71.7 Å². The second-order valence-corrected chi connectivity index (χ2v) is 6.56. The smallest absolute Gasteiger partial charge is 0.229 e. The molecule has 5 heteroatoms. The van der Waals surface area contributed by atoms with E-state index in [1.54, 1.807) is 0 Å². The number of nitrogens with one attached hydrogen (secondary N) is 2. The van der Waals surface area contributed by atoms with E-state index in [2.05, 4.69) is 57.5 Å². The first-order valence-electron chi connectivity index (χ1n) is 8.95. The summed E-state index contributed by atoms with van der Waals surface area (Å²) in [6.07, 6.45) is 11.7. The van der Waals surface area contributed by atoms with Gasteiger partial charge >= 0.3 is 0 Å². The highest BCUT2D eigenvalue weighted by Gasteiger charge is 2.10. The molecule has 0 bridgehead atoms. The van der Waals surface area contributed by atoms with Crippen LogP contribution in [0.5, 0.6) is 0 Å². The normalized spacial score (nSPS) is 10.4. The topological polar surface area (TPSA) is 62.7 Å². The summed E-state index contributed by atoms with van der Waals surface area (Å²) in [6.45, 7) is 4.64. The summed E-state index contributed by atoms with van der Waals surface area (Å²) in [5.74, 6) is 4.21. The summed E-state index contributed by atoms with van der Waals surface area (Å²) in [7, 11) is 0. The van der Waals surface area contributed by atoms with Crippen LogP contribution in [0, 0.1) is 12.3 Å². The van der Waals surface area contributed by atoms with E-state index in [1.165, 1.54) is 11.1 Å². The Labute approximate surface area is 160 Å². The first-order valence-corrected chi connectivity index (χ1v) is 8.95. The average molecular weight is 357 g/mol. The van der Waals surface area contributed by atoms with Crippen molar-refractivity contribution >= 4 is 17.5 Å². The number of pyridine rings is 1. The summed E-state index contributed by atoms with van der Waals surface area (Å²) in [5, 5.41) is 6.43. The second kappa shape index (κ2) is 8.81. The number of nitrogens with zero attached hydrogens (tertiary/aromatic N) is 3. The van der Waals surface area contributed by atoms with Crippen LogP contribution >= 0.6 is 0 Å². The van der Waals surface area contributed by atoms with E-state index >= 15 is 0 Å². The minimum absolute atomic E-state index is 0.312. The third-order valence-corrected chi connectivity index (χ3v) is 4.16. The van der Waals surface area contributed by atoms with Crippen LogP contribution < -0.4 is 10.6 Å². The molecule has 0 saturated heterocycles. The molecular formula is C22H23N5. The van der Waals surface area contributed by atoms with Crippen LogP contribution in [0.25, 0.3) is 0 Å². The molecular weight excluding hydrogens is 334 g/mol. The van der Waals surface area contributed by atoms with E-state index in [9.17, 15) is 0 Å². The molecule has 0 spiro atoms. The Kier molecular flexibility index (Phi) is 6.01. The molecule has 0 saturated carbocycles. The zero-order chi connectivity index (χ0) is 19.1. The van der Waals surface area contributed by atoms with Crippen LogP contribution in [0.3, 0.4) is 0 Å². The Morgan fingerprint density at radius 1 is 1.04 bits per heavy atom. The lowest BCUT2D eigenvalue weighted by atomic mass is 10.1. The Hall–Kier alpha value is -3.39. The maximum Gasteiger partial charge on any atom is 0.229 e. The lowest BCUT2D eigenvalue weighted by molar-refractivity contribution is 0.849. The van der Waals surface area contributed by atoms with Gasteiger partial charge in [-0.2, -0.15) is 4.98 Å². The molecule has 0 aliphatic rings. The molecule has 0 atom stereocenters. The summed E-state index contributed by atoms with van der Waals surface area (Å²) in [4.78, 5) is 13.1. The number of rotatable bonds is 7. The van der Waals surface area contributed by atoms with Gasteiger partial charge in [-0.15, -0.1) is 6.42 Å². The van der Waals surface area contributed by atoms with Gasteiger partial charge in [0, 0.05) is 29.8 Å². The molecule has 2 N–H and O–H groups in total. The van der Waals surface area contributed by atoms with Gasteiger partial charge in [-0.1, -0.05) is 31.9 Å². The monoisotopic (exact) mass is 357 g/mol. The van der Waals surface area contributed by atoms with Gasteiger partial charge in [0.2, 0.25) is 5.95 Å². The number of aromatic nitrogens is 3. The van der Waals surface area contributed by atoms with Gasteiger partial charge in [-0.25, -0.2) is 4.98 Å². The number of hydrogen-bond donors (Lipinski definition) is 2. The first-order chi connectivity index (χ1) is 13.2. The SMILES string of the molecule is C#CCNc1nc(Nc2ccc(Cc3ccncc3)cc2)ncc1C(C)C. The molecule has 1 aromatic carbocycles. The minimum atomic E-state index is 0.312. The largest absolute Gasteiger partial charge is 0.359 e. The van der Waals surface area contributed by atoms with E-state index in [1.807, 2.05) is 42.9 Å². The summed E-state index contributed by atoms with van der Waals surface area (Å²) in [5.41, 5.74) is 4.46. The number of terminal acetylenes is 1. The molecule has 0 unspecified atom stereocenters. The maximum atomic E-state index is 5.36. The van der Waals surface area contributed by atoms with Crippen molar-refractivity contribution in [2.45, 2.75) is 26.2 Å². The second-order valence-electron chi connectivity index (χ2n) is 6.56. The Bertz CT molecular complexity index is 912. The molecule has 136 valence electrons. The fourth-order valence-electron chi connectivity index (χ4n) is 2.72. The van der Waals surface area contributed by atoms with Gasteiger partial charge in [-0.3, -0.25) is 4.98 Å². The van der Waals surface area contributed by atoms with E-state index in [0.29, 0.717) is 18.4 Å². The quantitative estimate of drug-likeness (QED) is 0.615. The van der Waals surface area contributed by atoms with E-state index in [-0.39, 0.29) is 0 Å². The van der Waals surface area contributed by atoms with Crippen molar-refractivity contribution in [2.75, 3.05) is 17.2 Å². The minimum Gasteiger partial charge on any atom is -0.359 e. The molecule has 0 aliphatic carbocycles. The lowest BCUT2D eigenvalue weighted by Crippen LogP contribution is -2.08. The van der Waals surface area contributed by atoms with Crippen molar-refractivity contribution in [1.29, 1.82) is 0 Å². The van der Waals surface area contributed by atoms with Gasteiger partial charge in [0.25, 0.3) is 0 Å². The Morgan fingerprint density at radius 3 is 2.41 bits per heavy atom. The average Bonchev–Trinajstić information content (AvgIpc) is 2.68. The number of hydrogen-bond acceptors (Lipinski definition) is 5. The third kappa shape index (κ3) is 5.05. The van der Waals surface area contributed by atoms with Crippen LogP contribution in [0.4, 0.5) is 17.5 Å². The summed E-state index contributed by atoms with van der Waals surface area (Å²) < 4.78 is 0. The standard InChI is InChI=1S/C22H23N5/c1-4-11-24-21-20(16(2)3)15-25-22(27-21)26-19-7-5-17(6-8-19)14-18-9-12-23-13-10-18/h1,5-10,12-13,15-16H,11,14H2,2-3H3,(H2,24,25,26,27). The summed E-state index contributed by atoms with van der Waals surface area (Å²) in [6, 6.07) is 12.3. The van der Waals surface area contributed by atoms with Crippen LogP contribution in [-0.4, -0.2) is 21.5 Å². The summed E-state index contributed by atoms with van der Waals surface area (Å²) >= 11 is 0. The predicted octanol–water partition coefficient (Wildman–Crippen LogP) is 4.37. The highest BCUT2D eigenvalue weighted by molar-refractivity contribution is 5.57. The fourth-order valence-corrected chi connectivity index (χ4v) is 2.72. The van der Waals surface area contributed by atoms with Crippen molar-refractivity contribution in [2.24, 2.45) is 0 Å². The predicted molar refractivity (Wildman–Crippen MR) is 110 cm³/mol. The lowest BCUT2D eigenvalue weighted by Gasteiger charge is -2.14. The van der Waals surface area contributed by atoms with Gasteiger partial charge < -0.3 is 10.6 Å². The van der Waals surface area contributed by atoms with Gasteiger partial charge in [0.1, 0.15) is 5.82 Å². The fraction of sp³-hybridized carbons (Fsp3) is 0.227. The van der Waals surface area contributed by atoms with Crippen molar-refractivity contribution in [3.63, 3.8) is 0 Å². The molecule has 2 aromatic heterocycles. The van der Waals surface area contributed by atoms with Gasteiger partial charge in [0.05, 0.1) is 6.54 Å². The highest BCUT2D eigenvalue weighted by Crippen LogP contribution is 2.24. The zero-order valence-corrected chi connectivity index (χ0v) is 15.6. The highest BCUT2D eigenvalue weighted by atomic mass is 15.1. The molecule has 3 aromatic rings. The molecule has 0 radical (unpaired) electrons. The van der Waals surface area contributed by atoms with Crippen molar-refractivity contribution < 1.29 is 0 Å². The van der Waals surface area contributed by atoms with Crippen LogP contribution in [0.15, 0.2) is 55.0 Å². The van der Waals surface area contributed by atoms with E-state index < -0.39 is 0 Å². The zero-order valence-electron chi connectivity index (χ0n) is 15.6. The molecule has 2 heterocycles. The van der Waals surface area contributed by atoms with E-state index in [0.717, 1.165) is 23.5 Å². The van der Waals surface area contributed by atoms with Gasteiger partial charge in [0.15, 0.2) is 0 Å². The van der Waals surface area contributed by atoms with Crippen LogP contribution in [0.2, 0.25) is 0 Å². The van der Waals surface area contributed by atoms with Crippen LogP contribution in [0.1, 0.15) is 36.5 Å². The molecule has 0 fully saturated rings. The van der Waals surface area contributed by atoms with Crippen LogP contribution in [-0.2, 0) is 6.42 Å². The molecule has 27 heavy (non-hydrogen) atoms. The van der Waals surface area contributed by atoms with E-state index in [4.69, 9.17) is 6.42 Å². The van der Waals surface area contributed by atoms with Crippen molar-refractivity contribution in [1.82, 2.24) is 15.0 Å². The van der Waals surface area contributed by atoms with Gasteiger partial charge in [-0.05, 0) is 47.7 Å². The molecule has 5 nitrogen and oxygen atoms in total. The molecule has 0 amide bonds. The number of benzene rings is 1. The maximum absolute atomic E-state index is 5.36. The Balaban J connectivity index is 1.72.